The number of hydrogen-bond donors (Lipinski definition) is 0. The number of nitro groups is 2. The molecule has 2 aliphatic rings. The maximum Gasteiger partial charge on any atom is 0.309 e. The van der Waals surface area contributed by atoms with Crippen molar-refractivity contribution in [3.8, 4) is 0 Å². The van der Waals surface area contributed by atoms with Crippen LogP contribution < -0.4 is 0 Å². The maximum atomic E-state index is 11.4. The minimum atomic E-state index is -0.465. The summed E-state index contributed by atoms with van der Waals surface area (Å²) < 4.78 is 9.79. The fourth-order valence-electron chi connectivity index (χ4n) is 3.57. The van der Waals surface area contributed by atoms with Crippen molar-refractivity contribution in [1.29, 1.82) is 0 Å². The molecule has 0 saturated heterocycles. The Morgan fingerprint density at radius 1 is 0.853 bits per heavy atom. The molecule has 2 aromatic heterocycles. The highest BCUT2D eigenvalue weighted by atomic mass is 16.6. The molecule has 0 bridgehead atoms. The molecule has 180 valence electrons. The molecule has 0 radical (unpaired) electrons. The van der Waals surface area contributed by atoms with Crippen molar-refractivity contribution >= 4 is 23.3 Å². The molecule has 0 N–H and O–H groups in total. The van der Waals surface area contributed by atoms with Crippen molar-refractivity contribution in [3.05, 3.63) is 68.3 Å². The molecule has 2 saturated carbocycles. The van der Waals surface area contributed by atoms with Crippen molar-refractivity contribution in [2.24, 2.45) is 11.8 Å². The van der Waals surface area contributed by atoms with Crippen molar-refractivity contribution in [2.45, 2.75) is 38.5 Å². The molecular weight excluding hydrogens is 448 g/mol. The number of hydrogen-bond acceptors (Lipinski definition) is 10. The van der Waals surface area contributed by atoms with Crippen LogP contribution in [0.25, 0.3) is 0 Å². The van der Waals surface area contributed by atoms with Crippen molar-refractivity contribution in [2.75, 3.05) is 13.2 Å². The fraction of sp³-hybridized carbons (Fsp3) is 0.455. The first kappa shape index (κ1) is 24.7. The Hall–Kier alpha value is -3.96. The van der Waals surface area contributed by atoms with E-state index in [0.717, 1.165) is 0 Å². The SMILES string of the molecule is CCOC(=O)[C@@H]1C[C@@H]1c1cc([N+](=O)[O-])ccn1.CCOC(=O)[C@H]1C[C@@H]1c1cc([N+](=O)[O-])ccn1. The molecule has 4 atom stereocenters. The number of carbonyl (C=O) groups excluding carboxylic acids is 2. The van der Waals surface area contributed by atoms with Gasteiger partial charge in [0.2, 0.25) is 0 Å². The van der Waals surface area contributed by atoms with E-state index in [1.54, 1.807) is 13.8 Å². The zero-order valence-corrected chi connectivity index (χ0v) is 18.7. The number of ether oxygens (including phenoxy) is 2. The van der Waals surface area contributed by atoms with Crippen LogP contribution in [-0.2, 0) is 19.1 Å². The number of esters is 2. The van der Waals surface area contributed by atoms with Crippen LogP contribution in [0, 0.1) is 32.1 Å². The number of nitrogens with zero attached hydrogens (tertiary/aromatic N) is 4. The highest BCUT2D eigenvalue weighted by Crippen LogP contribution is 2.48. The van der Waals surface area contributed by atoms with E-state index in [1.165, 1.54) is 36.7 Å². The Labute approximate surface area is 194 Å². The molecule has 4 rings (SSSR count). The minimum Gasteiger partial charge on any atom is -0.466 e. The normalized spacial score (nSPS) is 21.9. The lowest BCUT2D eigenvalue weighted by molar-refractivity contribution is -0.385. The average molecular weight is 472 g/mol. The Kier molecular flexibility index (Phi) is 7.82. The van der Waals surface area contributed by atoms with Gasteiger partial charge in [-0.2, -0.15) is 0 Å². The maximum absolute atomic E-state index is 11.4. The van der Waals surface area contributed by atoms with Crippen LogP contribution in [0.15, 0.2) is 36.7 Å². The summed E-state index contributed by atoms with van der Waals surface area (Å²) in [6.07, 6.45) is 4.11. The topological polar surface area (TPSA) is 165 Å². The van der Waals surface area contributed by atoms with E-state index in [-0.39, 0.29) is 47.0 Å². The zero-order valence-electron chi connectivity index (χ0n) is 18.7. The molecule has 0 unspecified atom stereocenters. The predicted molar refractivity (Wildman–Crippen MR) is 117 cm³/mol. The van der Waals surface area contributed by atoms with Gasteiger partial charge in [0.1, 0.15) is 0 Å². The number of rotatable bonds is 8. The largest absolute Gasteiger partial charge is 0.466 e. The molecule has 12 heteroatoms. The van der Waals surface area contributed by atoms with Gasteiger partial charge in [-0.1, -0.05) is 0 Å². The Balaban J connectivity index is 0.000000191. The predicted octanol–water partition coefficient (Wildman–Crippen LogP) is 3.31. The monoisotopic (exact) mass is 472 g/mol. The minimum absolute atomic E-state index is 0.00417. The highest BCUT2D eigenvalue weighted by molar-refractivity contribution is 5.77. The van der Waals surface area contributed by atoms with Crippen LogP contribution in [0.2, 0.25) is 0 Å². The van der Waals surface area contributed by atoms with Gasteiger partial charge in [0, 0.05) is 48.5 Å². The second-order valence-electron chi connectivity index (χ2n) is 7.79. The van der Waals surface area contributed by atoms with Gasteiger partial charge >= 0.3 is 11.9 Å². The van der Waals surface area contributed by atoms with Gasteiger partial charge in [0.15, 0.2) is 0 Å². The summed E-state index contributed by atoms with van der Waals surface area (Å²) in [5, 5.41) is 21.2. The van der Waals surface area contributed by atoms with Gasteiger partial charge in [-0.3, -0.25) is 39.8 Å². The van der Waals surface area contributed by atoms with Crippen molar-refractivity contribution < 1.29 is 28.9 Å². The summed E-state index contributed by atoms with van der Waals surface area (Å²) >= 11 is 0. The molecular formula is C22H24N4O8. The molecule has 0 aromatic carbocycles. The Bertz CT molecular complexity index is 1010. The van der Waals surface area contributed by atoms with E-state index in [9.17, 15) is 29.8 Å². The number of carbonyl (C=O) groups is 2. The zero-order chi connectivity index (χ0) is 24.8. The molecule has 2 aliphatic carbocycles. The number of aromatic nitrogens is 2. The lowest BCUT2D eigenvalue weighted by atomic mass is 10.2. The van der Waals surface area contributed by atoms with Crippen molar-refractivity contribution in [1.82, 2.24) is 9.97 Å². The van der Waals surface area contributed by atoms with Gasteiger partial charge < -0.3 is 9.47 Å². The fourth-order valence-corrected chi connectivity index (χ4v) is 3.57. The van der Waals surface area contributed by atoms with Crippen LogP contribution in [0.3, 0.4) is 0 Å². The summed E-state index contributed by atoms with van der Waals surface area (Å²) in [5.74, 6) is -0.937. The van der Waals surface area contributed by atoms with Gasteiger partial charge in [-0.05, 0) is 26.7 Å². The highest BCUT2D eigenvalue weighted by Gasteiger charge is 2.47. The lowest BCUT2D eigenvalue weighted by Gasteiger charge is -2.00. The Morgan fingerprint density at radius 3 is 1.56 bits per heavy atom. The lowest BCUT2D eigenvalue weighted by Crippen LogP contribution is -2.07. The Morgan fingerprint density at radius 2 is 1.24 bits per heavy atom. The smallest absolute Gasteiger partial charge is 0.309 e. The van der Waals surface area contributed by atoms with E-state index in [2.05, 4.69) is 9.97 Å². The molecule has 2 heterocycles. The molecule has 2 aromatic rings. The summed E-state index contributed by atoms with van der Waals surface area (Å²) in [7, 11) is 0. The third-order valence-corrected chi connectivity index (χ3v) is 5.47. The summed E-state index contributed by atoms with van der Waals surface area (Å²) in [4.78, 5) is 51.2. The van der Waals surface area contributed by atoms with E-state index in [4.69, 9.17) is 9.47 Å². The standard InChI is InChI=1S/2C11H12N2O4/c2*1-2-17-11(14)9-6-8(9)10-5-7(13(15)16)3-4-12-10/h2*3-5,8-9H,2,6H2,1H3/t8-,9+;8-,9-/m00/s1. The first-order valence-electron chi connectivity index (χ1n) is 10.8. The first-order chi connectivity index (χ1) is 16.3. The van der Waals surface area contributed by atoms with Gasteiger partial charge in [0.25, 0.3) is 11.4 Å². The van der Waals surface area contributed by atoms with Crippen LogP contribution in [-0.4, -0.2) is 45.0 Å². The molecule has 0 aliphatic heterocycles. The molecule has 12 nitrogen and oxygen atoms in total. The number of pyridine rings is 2. The quantitative estimate of drug-likeness (QED) is 0.316. The second kappa shape index (κ2) is 10.8. The van der Waals surface area contributed by atoms with Gasteiger partial charge in [-0.15, -0.1) is 0 Å². The third kappa shape index (κ3) is 6.09. The first-order valence-corrected chi connectivity index (χ1v) is 10.8. The van der Waals surface area contributed by atoms with E-state index < -0.39 is 9.85 Å². The second-order valence-corrected chi connectivity index (χ2v) is 7.79. The average Bonchev–Trinajstić information content (AvgIpc) is 3.74. The van der Waals surface area contributed by atoms with Crippen molar-refractivity contribution in [3.63, 3.8) is 0 Å². The molecule has 2 fully saturated rings. The van der Waals surface area contributed by atoms with E-state index in [0.29, 0.717) is 37.4 Å². The summed E-state index contributed by atoms with van der Waals surface area (Å²) in [6, 6.07) is 5.52. The third-order valence-electron chi connectivity index (χ3n) is 5.47. The van der Waals surface area contributed by atoms with Crippen LogP contribution in [0.4, 0.5) is 11.4 Å². The van der Waals surface area contributed by atoms with Crippen LogP contribution >= 0.6 is 0 Å². The summed E-state index contributed by atoms with van der Waals surface area (Å²) in [5.41, 5.74) is 1.20. The molecule has 34 heavy (non-hydrogen) atoms. The van der Waals surface area contributed by atoms with Gasteiger partial charge in [0.05, 0.1) is 46.3 Å². The van der Waals surface area contributed by atoms with E-state index in [1.807, 2.05) is 0 Å². The van der Waals surface area contributed by atoms with Gasteiger partial charge in [-0.25, -0.2) is 0 Å². The summed E-state index contributed by atoms with van der Waals surface area (Å²) in [6.45, 7) is 4.20. The van der Waals surface area contributed by atoms with Crippen LogP contribution in [0.5, 0.6) is 0 Å². The van der Waals surface area contributed by atoms with Crippen LogP contribution in [0.1, 0.15) is 49.9 Å². The molecule has 0 spiro atoms. The van der Waals surface area contributed by atoms with E-state index >= 15 is 0 Å². The molecule has 0 amide bonds.